The molecular weight excluding hydrogens is 378 g/mol. The number of nitrogens with zero attached hydrogens (tertiary/aromatic N) is 3. The molecule has 0 saturated heterocycles. The van der Waals surface area contributed by atoms with Gasteiger partial charge in [0.2, 0.25) is 5.91 Å². The first-order chi connectivity index (χ1) is 14.7. The minimum absolute atomic E-state index is 0.0671. The summed E-state index contributed by atoms with van der Waals surface area (Å²) in [5.74, 6) is 0.0671. The molecule has 0 unspecified atom stereocenters. The number of hydrogen-bond acceptors (Lipinski definition) is 4. The number of carbonyl (C=O) groups excluding carboxylic acids is 1. The Bertz CT molecular complexity index is 1210. The molecule has 2 aromatic carbocycles. The largest absolute Gasteiger partial charge is 0.361 e. The highest BCUT2D eigenvalue weighted by atomic mass is 16.1. The topological polar surface area (TPSA) is 92.7 Å². The smallest absolute Gasteiger partial charge is 0.277 e. The fraction of sp³-hybridized carbons (Fsp3) is 0.304. The first-order valence-corrected chi connectivity index (χ1v) is 10.4. The number of aromatic nitrogens is 4. The molecule has 0 fully saturated rings. The maximum absolute atomic E-state index is 12.4. The maximum atomic E-state index is 12.4. The zero-order valence-electron chi connectivity index (χ0n) is 16.8. The van der Waals surface area contributed by atoms with Crippen LogP contribution in [0.25, 0.3) is 21.8 Å². The van der Waals surface area contributed by atoms with Crippen LogP contribution in [0.5, 0.6) is 0 Å². The second kappa shape index (κ2) is 9.35. The quantitative estimate of drug-likeness (QED) is 0.420. The Balaban J connectivity index is 1.16. The Labute approximate surface area is 174 Å². The molecule has 0 aliphatic rings. The van der Waals surface area contributed by atoms with Crippen LogP contribution in [-0.4, -0.2) is 32.4 Å². The van der Waals surface area contributed by atoms with E-state index >= 15 is 0 Å². The van der Waals surface area contributed by atoms with Crippen molar-refractivity contribution in [2.24, 2.45) is 0 Å². The highest BCUT2D eigenvalue weighted by Gasteiger charge is 2.06. The SMILES string of the molecule is O=C(CCCCCn1nnc2ccccc2c1=O)NCCc1c[nH]c2ccccc12. The molecule has 154 valence electrons. The number of H-pyrrole nitrogens is 1. The van der Waals surface area contributed by atoms with Crippen LogP contribution in [0.15, 0.2) is 59.5 Å². The Hall–Kier alpha value is -3.48. The number of aromatic amines is 1. The van der Waals surface area contributed by atoms with Crippen molar-refractivity contribution in [1.82, 2.24) is 25.3 Å². The summed E-state index contributed by atoms with van der Waals surface area (Å²) in [5, 5.41) is 12.9. The van der Waals surface area contributed by atoms with E-state index in [1.165, 1.54) is 15.6 Å². The van der Waals surface area contributed by atoms with Crippen LogP contribution >= 0.6 is 0 Å². The first kappa shape index (κ1) is 19.8. The zero-order chi connectivity index (χ0) is 20.8. The monoisotopic (exact) mass is 403 g/mol. The number of fused-ring (bicyclic) bond motifs is 2. The third-order valence-electron chi connectivity index (χ3n) is 5.29. The van der Waals surface area contributed by atoms with Gasteiger partial charge in [0.1, 0.15) is 5.52 Å². The zero-order valence-corrected chi connectivity index (χ0v) is 16.8. The van der Waals surface area contributed by atoms with E-state index in [1.807, 2.05) is 30.5 Å². The van der Waals surface area contributed by atoms with E-state index in [2.05, 4.69) is 32.7 Å². The molecule has 2 heterocycles. The standard InChI is InChI=1S/C23H25N5O2/c29-22(24-14-13-17-16-25-20-10-5-3-8-18(17)20)12-2-1-7-15-28-23(30)19-9-4-6-11-21(19)26-27-28/h3-6,8-11,16,25H,1-2,7,12-15H2,(H,24,29). The molecule has 0 atom stereocenters. The first-order valence-electron chi connectivity index (χ1n) is 10.4. The van der Waals surface area contributed by atoms with Crippen molar-refractivity contribution >= 4 is 27.7 Å². The molecule has 7 nitrogen and oxygen atoms in total. The number of rotatable bonds is 9. The average molecular weight is 403 g/mol. The van der Waals surface area contributed by atoms with E-state index in [1.54, 1.807) is 12.1 Å². The number of para-hydroxylation sites is 1. The van der Waals surface area contributed by atoms with E-state index in [0.29, 0.717) is 30.4 Å². The summed E-state index contributed by atoms with van der Waals surface area (Å²) in [6.45, 7) is 1.14. The highest BCUT2D eigenvalue weighted by Crippen LogP contribution is 2.17. The Morgan fingerprint density at radius 3 is 2.70 bits per heavy atom. The summed E-state index contributed by atoms with van der Waals surface area (Å²) in [4.78, 5) is 27.7. The number of hydrogen-bond donors (Lipinski definition) is 2. The van der Waals surface area contributed by atoms with E-state index in [9.17, 15) is 9.59 Å². The van der Waals surface area contributed by atoms with Gasteiger partial charge in [0.15, 0.2) is 0 Å². The molecule has 0 spiro atoms. The molecule has 0 radical (unpaired) electrons. The maximum Gasteiger partial charge on any atom is 0.277 e. The van der Waals surface area contributed by atoms with Crippen LogP contribution in [0, 0.1) is 0 Å². The Kier molecular flexibility index (Phi) is 6.17. The predicted octanol–water partition coefficient (Wildman–Crippen LogP) is 3.19. The molecule has 30 heavy (non-hydrogen) atoms. The van der Waals surface area contributed by atoms with Crippen molar-refractivity contribution < 1.29 is 4.79 Å². The Morgan fingerprint density at radius 2 is 1.80 bits per heavy atom. The van der Waals surface area contributed by atoms with Gasteiger partial charge in [-0.25, -0.2) is 4.68 Å². The fourth-order valence-electron chi connectivity index (χ4n) is 3.66. The van der Waals surface area contributed by atoms with Crippen LogP contribution in [0.1, 0.15) is 31.2 Å². The van der Waals surface area contributed by atoms with Gasteiger partial charge in [-0.3, -0.25) is 9.59 Å². The van der Waals surface area contributed by atoms with Gasteiger partial charge in [-0.1, -0.05) is 42.0 Å². The second-order valence-corrected chi connectivity index (χ2v) is 7.40. The van der Waals surface area contributed by atoms with E-state index in [4.69, 9.17) is 0 Å². The molecular formula is C23H25N5O2. The van der Waals surface area contributed by atoms with Crippen LogP contribution in [-0.2, 0) is 17.8 Å². The molecule has 0 aliphatic heterocycles. The van der Waals surface area contributed by atoms with Crippen LogP contribution in [0.4, 0.5) is 0 Å². The lowest BCUT2D eigenvalue weighted by molar-refractivity contribution is -0.121. The molecule has 1 amide bonds. The minimum atomic E-state index is -0.115. The van der Waals surface area contributed by atoms with Crippen LogP contribution < -0.4 is 10.9 Å². The predicted molar refractivity (Wildman–Crippen MR) is 117 cm³/mol. The molecule has 4 rings (SSSR count). The average Bonchev–Trinajstić information content (AvgIpc) is 3.18. The molecule has 4 aromatic rings. The van der Waals surface area contributed by atoms with Crippen molar-refractivity contribution in [1.29, 1.82) is 0 Å². The molecule has 7 heteroatoms. The summed E-state index contributed by atoms with van der Waals surface area (Å²) in [5.41, 5.74) is 2.83. The van der Waals surface area contributed by atoms with Gasteiger partial charge in [0.05, 0.1) is 5.39 Å². The van der Waals surface area contributed by atoms with Gasteiger partial charge in [-0.05, 0) is 43.0 Å². The van der Waals surface area contributed by atoms with Crippen molar-refractivity contribution in [2.75, 3.05) is 6.54 Å². The van der Waals surface area contributed by atoms with Gasteiger partial charge >= 0.3 is 0 Å². The number of carbonyl (C=O) groups is 1. The van der Waals surface area contributed by atoms with Crippen molar-refractivity contribution in [3.63, 3.8) is 0 Å². The van der Waals surface area contributed by atoms with Gasteiger partial charge in [-0.2, -0.15) is 0 Å². The number of unbranched alkanes of at least 4 members (excludes halogenated alkanes) is 2. The number of aryl methyl sites for hydroxylation is 1. The van der Waals surface area contributed by atoms with Gasteiger partial charge in [-0.15, -0.1) is 5.10 Å². The minimum Gasteiger partial charge on any atom is -0.361 e. The van der Waals surface area contributed by atoms with Crippen molar-refractivity contribution in [3.05, 3.63) is 70.6 Å². The summed E-state index contributed by atoms with van der Waals surface area (Å²) < 4.78 is 1.41. The number of amides is 1. The molecule has 2 aromatic heterocycles. The van der Waals surface area contributed by atoms with Gasteiger partial charge in [0.25, 0.3) is 5.56 Å². The lowest BCUT2D eigenvalue weighted by Gasteiger charge is -2.06. The molecule has 2 N–H and O–H groups in total. The fourth-order valence-corrected chi connectivity index (χ4v) is 3.66. The van der Waals surface area contributed by atoms with E-state index in [-0.39, 0.29) is 11.5 Å². The Morgan fingerprint density at radius 1 is 1.00 bits per heavy atom. The molecule has 0 aliphatic carbocycles. The molecule has 0 saturated carbocycles. The number of benzene rings is 2. The third kappa shape index (κ3) is 4.56. The number of nitrogens with one attached hydrogen (secondary N) is 2. The van der Waals surface area contributed by atoms with E-state index < -0.39 is 0 Å². The lowest BCUT2D eigenvalue weighted by atomic mass is 10.1. The van der Waals surface area contributed by atoms with Gasteiger partial charge < -0.3 is 10.3 Å². The normalized spacial score (nSPS) is 11.2. The summed E-state index contributed by atoms with van der Waals surface area (Å²) >= 11 is 0. The van der Waals surface area contributed by atoms with Crippen LogP contribution in [0.2, 0.25) is 0 Å². The summed E-state index contributed by atoms with van der Waals surface area (Å²) in [7, 11) is 0. The molecule has 0 bridgehead atoms. The summed E-state index contributed by atoms with van der Waals surface area (Å²) in [6, 6.07) is 15.4. The lowest BCUT2D eigenvalue weighted by Crippen LogP contribution is -2.25. The summed E-state index contributed by atoms with van der Waals surface area (Å²) in [6.07, 6.45) is 5.74. The van der Waals surface area contributed by atoms with E-state index in [0.717, 1.165) is 31.2 Å². The third-order valence-corrected chi connectivity index (χ3v) is 5.29. The van der Waals surface area contributed by atoms with Crippen molar-refractivity contribution in [3.8, 4) is 0 Å². The second-order valence-electron chi connectivity index (χ2n) is 7.40. The van der Waals surface area contributed by atoms with Gasteiger partial charge in [0, 0.05) is 36.6 Å². The van der Waals surface area contributed by atoms with Crippen LogP contribution in [0.3, 0.4) is 0 Å². The highest BCUT2D eigenvalue weighted by molar-refractivity contribution is 5.83. The van der Waals surface area contributed by atoms with Crippen molar-refractivity contribution in [2.45, 2.75) is 38.6 Å².